The van der Waals surface area contributed by atoms with Crippen molar-refractivity contribution in [1.82, 2.24) is 0 Å². The summed E-state index contributed by atoms with van der Waals surface area (Å²) in [7, 11) is 4.46. The molecule has 0 fully saturated rings. The van der Waals surface area contributed by atoms with E-state index in [1.807, 2.05) is 18.2 Å². The van der Waals surface area contributed by atoms with Gasteiger partial charge in [-0.15, -0.1) is 0 Å². The molecule has 0 amide bonds. The lowest BCUT2D eigenvalue weighted by atomic mass is 9.90. The first-order chi connectivity index (χ1) is 11.7. The summed E-state index contributed by atoms with van der Waals surface area (Å²) in [5.74, 6) is 0.592. The normalized spacial score (nSPS) is 12.9. The second-order valence-corrected chi connectivity index (χ2v) is 5.38. The molecular formula is C19H19NO4. The van der Waals surface area contributed by atoms with Crippen LogP contribution < -0.4 is 9.47 Å². The number of esters is 1. The number of nitrogens with zero attached hydrogens (tertiary/aromatic N) is 1. The molecule has 3 rings (SSSR count). The van der Waals surface area contributed by atoms with E-state index in [1.165, 1.54) is 19.8 Å². The number of aliphatic imine (C=N–C) groups is 1. The van der Waals surface area contributed by atoms with Crippen molar-refractivity contribution in [2.24, 2.45) is 4.99 Å². The first-order valence-corrected chi connectivity index (χ1v) is 7.67. The molecular weight excluding hydrogens is 306 g/mol. The molecule has 0 unspecified atom stereocenters. The summed E-state index contributed by atoms with van der Waals surface area (Å²) in [5.41, 5.74) is 4.12. The van der Waals surface area contributed by atoms with Crippen LogP contribution in [0.3, 0.4) is 0 Å². The maximum atomic E-state index is 12.3. The molecule has 0 saturated carbocycles. The van der Waals surface area contributed by atoms with Gasteiger partial charge >= 0.3 is 5.97 Å². The fourth-order valence-corrected chi connectivity index (χ4v) is 2.93. The third kappa shape index (κ3) is 2.73. The molecule has 5 heteroatoms. The van der Waals surface area contributed by atoms with Crippen molar-refractivity contribution in [1.29, 1.82) is 0 Å². The predicted octanol–water partition coefficient (Wildman–Crippen LogP) is 2.88. The quantitative estimate of drug-likeness (QED) is 0.811. The molecule has 1 heterocycles. The summed E-state index contributed by atoms with van der Waals surface area (Å²) >= 11 is 0. The van der Waals surface area contributed by atoms with Gasteiger partial charge in [-0.1, -0.05) is 24.3 Å². The molecule has 24 heavy (non-hydrogen) atoms. The monoisotopic (exact) mass is 325 g/mol. The standard InChI is InChI=1S/C19H19NO4/c1-22-16-10-14(15(19(21)24-3)11-17(16)23-2)18-13-7-5-4-6-12(13)8-9-20-18/h4-7,10-11H,8-9H2,1-3H3. The fourth-order valence-electron chi connectivity index (χ4n) is 2.93. The number of rotatable bonds is 4. The van der Waals surface area contributed by atoms with Gasteiger partial charge in [-0.3, -0.25) is 4.99 Å². The largest absolute Gasteiger partial charge is 0.493 e. The summed E-state index contributed by atoms with van der Waals surface area (Å²) < 4.78 is 15.6. The molecule has 0 N–H and O–H groups in total. The van der Waals surface area contributed by atoms with Gasteiger partial charge in [-0.25, -0.2) is 4.79 Å². The molecule has 0 saturated heterocycles. The fraction of sp³-hybridized carbons (Fsp3) is 0.263. The van der Waals surface area contributed by atoms with Gasteiger partial charge in [0.1, 0.15) is 0 Å². The van der Waals surface area contributed by atoms with Crippen LogP contribution in [-0.4, -0.2) is 39.6 Å². The predicted molar refractivity (Wildman–Crippen MR) is 91.5 cm³/mol. The first kappa shape index (κ1) is 16.1. The van der Waals surface area contributed by atoms with Crippen molar-refractivity contribution in [3.63, 3.8) is 0 Å². The molecule has 0 aliphatic carbocycles. The molecule has 1 aliphatic rings. The Hall–Kier alpha value is -2.82. The third-order valence-electron chi connectivity index (χ3n) is 4.11. The summed E-state index contributed by atoms with van der Waals surface area (Å²) in [6.07, 6.45) is 0.889. The Morgan fingerprint density at radius 2 is 1.71 bits per heavy atom. The maximum absolute atomic E-state index is 12.3. The molecule has 0 radical (unpaired) electrons. The minimum atomic E-state index is -0.434. The van der Waals surface area contributed by atoms with Crippen LogP contribution in [0.15, 0.2) is 41.4 Å². The first-order valence-electron chi connectivity index (χ1n) is 7.67. The Morgan fingerprint density at radius 1 is 1.00 bits per heavy atom. The van der Waals surface area contributed by atoms with Gasteiger partial charge in [-0.05, 0) is 24.1 Å². The van der Waals surface area contributed by atoms with Crippen molar-refractivity contribution >= 4 is 11.7 Å². The van der Waals surface area contributed by atoms with Crippen molar-refractivity contribution in [2.75, 3.05) is 27.9 Å². The van der Waals surface area contributed by atoms with Crippen LogP contribution in [0.4, 0.5) is 0 Å². The average Bonchev–Trinajstić information content (AvgIpc) is 2.65. The molecule has 0 atom stereocenters. The minimum Gasteiger partial charge on any atom is -0.493 e. The zero-order valence-corrected chi connectivity index (χ0v) is 14.0. The number of hydrogen-bond acceptors (Lipinski definition) is 5. The van der Waals surface area contributed by atoms with E-state index in [4.69, 9.17) is 14.2 Å². The smallest absolute Gasteiger partial charge is 0.338 e. The number of carbonyl (C=O) groups is 1. The summed E-state index contributed by atoms with van der Waals surface area (Å²) in [6, 6.07) is 11.5. The number of ether oxygens (including phenoxy) is 3. The second kappa shape index (κ2) is 6.74. The lowest BCUT2D eigenvalue weighted by Gasteiger charge is -2.20. The zero-order valence-electron chi connectivity index (χ0n) is 14.0. The zero-order chi connectivity index (χ0) is 17.1. The Balaban J connectivity index is 2.23. The van der Waals surface area contributed by atoms with Gasteiger partial charge in [0.2, 0.25) is 0 Å². The highest BCUT2D eigenvalue weighted by molar-refractivity contribution is 6.19. The molecule has 1 aliphatic heterocycles. The van der Waals surface area contributed by atoms with Crippen molar-refractivity contribution in [2.45, 2.75) is 6.42 Å². The maximum Gasteiger partial charge on any atom is 0.338 e. The van der Waals surface area contributed by atoms with Gasteiger partial charge in [-0.2, -0.15) is 0 Å². The van der Waals surface area contributed by atoms with Crippen LogP contribution in [-0.2, 0) is 11.2 Å². The highest BCUT2D eigenvalue weighted by atomic mass is 16.5. The van der Waals surface area contributed by atoms with E-state index in [9.17, 15) is 4.79 Å². The Kier molecular flexibility index (Phi) is 4.51. The van der Waals surface area contributed by atoms with E-state index in [1.54, 1.807) is 19.2 Å². The van der Waals surface area contributed by atoms with Crippen molar-refractivity contribution in [3.05, 3.63) is 58.7 Å². The average molecular weight is 325 g/mol. The molecule has 2 aromatic rings. The van der Waals surface area contributed by atoms with E-state index in [0.717, 1.165) is 17.7 Å². The molecule has 124 valence electrons. The van der Waals surface area contributed by atoms with Crippen molar-refractivity contribution < 1.29 is 19.0 Å². The Morgan fingerprint density at radius 3 is 2.42 bits per heavy atom. The van der Waals surface area contributed by atoms with Gasteiger partial charge < -0.3 is 14.2 Å². The van der Waals surface area contributed by atoms with E-state index < -0.39 is 5.97 Å². The van der Waals surface area contributed by atoms with Crippen molar-refractivity contribution in [3.8, 4) is 11.5 Å². The van der Waals surface area contributed by atoms with Crippen LogP contribution >= 0.6 is 0 Å². The topological polar surface area (TPSA) is 57.1 Å². The van der Waals surface area contributed by atoms with E-state index in [2.05, 4.69) is 11.1 Å². The number of methoxy groups -OCH3 is 3. The highest BCUT2D eigenvalue weighted by Crippen LogP contribution is 2.33. The van der Waals surface area contributed by atoms with Crippen LogP contribution in [0, 0.1) is 0 Å². The third-order valence-corrected chi connectivity index (χ3v) is 4.11. The van der Waals surface area contributed by atoms with Gasteiger partial charge in [0.15, 0.2) is 11.5 Å². The number of carbonyl (C=O) groups excluding carboxylic acids is 1. The highest BCUT2D eigenvalue weighted by Gasteiger charge is 2.24. The Bertz CT molecular complexity index is 811. The lowest BCUT2D eigenvalue weighted by Crippen LogP contribution is -2.18. The van der Waals surface area contributed by atoms with Crippen LogP contribution in [0.5, 0.6) is 11.5 Å². The minimum absolute atomic E-state index is 0.408. The van der Waals surface area contributed by atoms with Gasteiger partial charge in [0, 0.05) is 17.7 Å². The summed E-state index contributed by atoms with van der Waals surface area (Å²) in [6.45, 7) is 0.682. The van der Waals surface area contributed by atoms with Crippen LogP contribution in [0.2, 0.25) is 0 Å². The lowest BCUT2D eigenvalue weighted by molar-refractivity contribution is 0.0600. The van der Waals surface area contributed by atoms with Crippen LogP contribution in [0.25, 0.3) is 0 Å². The van der Waals surface area contributed by atoms with E-state index in [-0.39, 0.29) is 0 Å². The van der Waals surface area contributed by atoms with Gasteiger partial charge in [0.25, 0.3) is 0 Å². The SMILES string of the molecule is COC(=O)c1cc(OC)c(OC)cc1C1=NCCc2ccccc21. The van der Waals surface area contributed by atoms with Crippen LogP contribution in [0.1, 0.15) is 27.0 Å². The molecule has 0 spiro atoms. The number of hydrogen-bond donors (Lipinski definition) is 0. The van der Waals surface area contributed by atoms with E-state index >= 15 is 0 Å². The number of fused-ring (bicyclic) bond motifs is 1. The Labute approximate surface area is 140 Å². The molecule has 5 nitrogen and oxygen atoms in total. The summed E-state index contributed by atoms with van der Waals surface area (Å²) in [5, 5.41) is 0. The molecule has 0 aromatic heterocycles. The summed E-state index contributed by atoms with van der Waals surface area (Å²) in [4.78, 5) is 16.9. The second-order valence-electron chi connectivity index (χ2n) is 5.38. The molecule has 2 aromatic carbocycles. The van der Waals surface area contributed by atoms with E-state index in [0.29, 0.717) is 29.2 Å². The molecule has 0 bridgehead atoms. The number of benzene rings is 2. The van der Waals surface area contributed by atoms with Gasteiger partial charge in [0.05, 0.1) is 32.6 Å².